The van der Waals surface area contributed by atoms with E-state index in [0.717, 1.165) is 43.5 Å². The molecule has 1 amide bonds. The van der Waals surface area contributed by atoms with Crippen LogP contribution in [0.15, 0.2) is 24.3 Å². The minimum Gasteiger partial charge on any atom is -0.378 e. The molecule has 0 saturated carbocycles. The van der Waals surface area contributed by atoms with Gasteiger partial charge in [0.1, 0.15) is 0 Å². The number of hydrogen-bond donors (Lipinski definition) is 1. The number of alkyl halides is 3. The van der Waals surface area contributed by atoms with Crippen LogP contribution in [-0.4, -0.2) is 43.2 Å². The van der Waals surface area contributed by atoms with E-state index in [1.807, 2.05) is 4.90 Å². The highest BCUT2D eigenvalue weighted by Crippen LogP contribution is 2.34. The summed E-state index contributed by atoms with van der Waals surface area (Å²) in [5.41, 5.74) is 0.113. The first-order valence-corrected chi connectivity index (χ1v) is 8.73. The van der Waals surface area contributed by atoms with Crippen LogP contribution in [0.2, 0.25) is 0 Å². The Morgan fingerprint density at radius 1 is 1.23 bits per heavy atom. The van der Waals surface area contributed by atoms with Crippen LogP contribution in [0.25, 0.3) is 0 Å². The molecule has 26 heavy (non-hydrogen) atoms. The number of halogens is 4. The van der Waals surface area contributed by atoms with E-state index < -0.39 is 11.7 Å². The zero-order valence-electron chi connectivity index (χ0n) is 14.4. The Hall–Kier alpha value is -1.31. The van der Waals surface area contributed by atoms with Gasteiger partial charge in [-0.2, -0.15) is 13.2 Å². The second kappa shape index (κ2) is 9.06. The van der Waals surface area contributed by atoms with Crippen LogP contribution in [0, 0.1) is 0 Å². The van der Waals surface area contributed by atoms with Gasteiger partial charge in [0.05, 0.1) is 24.8 Å². The van der Waals surface area contributed by atoms with Gasteiger partial charge in [0.25, 0.3) is 0 Å². The summed E-state index contributed by atoms with van der Waals surface area (Å²) in [7, 11) is 0. The lowest BCUT2D eigenvalue weighted by atomic mass is 9.93. The van der Waals surface area contributed by atoms with Crippen LogP contribution in [-0.2, 0) is 15.7 Å². The van der Waals surface area contributed by atoms with Crippen molar-refractivity contribution in [1.29, 1.82) is 0 Å². The number of morpholine rings is 1. The van der Waals surface area contributed by atoms with Crippen molar-refractivity contribution < 1.29 is 22.7 Å². The second-order valence-corrected chi connectivity index (χ2v) is 6.65. The highest BCUT2D eigenvalue weighted by Gasteiger charge is 2.32. The van der Waals surface area contributed by atoms with E-state index >= 15 is 0 Å². The van der Waals surface area contributed by atoms with Gasteiger partial charge in [0.15, 0.2) is 0 Å². The van der Waals surface area contributed by atoms with Crippen LogP contribution in [0.5, 0.6) is 0 Å². The third-order valence-corrected chi connectivity index (χ3v) is 4.87. The monoisotopic (exact) mass is 392 g/mol. The fourth-order valence-corrected chi connectivity index (χ4v) is 3.55. The van der Waals surface area contributed by atoms with E-state index in [1.54, 1.807) is 0 Å². The van der Waals surface area contributed by atoms with Crippen molar-refractivity contribution in [2.45, 2.75) is 43.9 Å². The summed E-state index contributed by atoms with van der Waals surface area (Å²) in [5.74, 6) is 0.0348. The molecular weight excluding hydrogens is 369 g/mol. The Morgan fingerprint density at radius 2 is 1.96 bits per heavy atom. The van der Waals surface area contributed by atoms with E-state index in [1.165, 1.54) is 12.1 Å². The molecule has 0 bridgehead atoms. The number of nitrogens with zero attached hydrogens (tertiary/aromatic N) is 1. The van der Waals surface area contributed by atoms with E-state index in [2.05, 4.69) is 5.32 Å². The lowest BCUT2D eigenvalue weighted by molar-refractivity contribution is -0.138. The maximum Gasteiger partial charge on any atom is 0.416 e. The lowest BCUT2D eigenvalue weighted by Crippen LogP contribution is -2.46. The molecule has 0 aliphatic carbocycles. The number of likely N-dealkylation sites (tertiary alicyclic amines) is 1. The fraction of sp³-hybridized carbons (Fsp3) is 0.611. The second-order valence-electron chi connectivity index (χ2n) is 6.65. The van der Waals surface area contributed by atoms with Crippen LogP contribution < -0.4 is 5.32 Å². The molecule has 2 heterocycles. The highest BCUT2D eigenvalue weighted by molar-refractivity contribution is 5.85. The van der Waals surface area contributed by atoms with E-state index in [9.17, 15) is 18.0 Å². The number of piperidine rings is 1. The predicted molar refractivity (Wildman–Crippen MR) is 94.2 cm³/mol. The Labute approximate surface area is 157 Å². The highest BCUT2D eigenvalue weighted by atomic mass is 35.5. The summed E-state index contributed by atoms with van der Waals surface area (Å²) in [6.45, 7) is 2.56. The van der Waals surface area contributed by atoms with Crippen LogP contribution in [0.4, 0.5) is 13.2 Å². The lowest BCUT2D eigenvalue weighted by Gasteiger charge is -2.37. The largest absolute Gasteiger partial charge is 0.416 e. The zero-order chi connectivity index (χ0) is 17.9. The third-order valence-electron chi connectivity index (χ3n) is 4.87. The summed E-state index contributed by atoms with van der Waals surface area (Å²) < 4.78 is 43.6. The number of carbonyl (C=O) groups excluding carboxylic acids is 1. The third kappa shape index (κ3) is 5.11. The number of ether oxygens (including phenoxy) is 1. The standard InChI is InChI=1S/C18H23F3N2O2.ClH/c19-18(20,21)14-6-4-13(5-7-14)16-3-1-2-9-23(16)17(24)11-15-12-25-10-8-22-15;/h4-7,15-16,22H,1-3,8-12H2;1H. The number of amides is 1. The van der Waals surface area contributed by atoms with E-state index in [0.29, 0.717) is 26.2 Å². The van der Waals surface area contributed by atoms with Crippen molar-refractivity contribution in [3.8, 4) is 0 Å². The van der Waals surface area contributed by atoms with Gasteiger partial charge in [-0.05, 0) is 37.0 Å². The predicted octanol–water partition coefficient (Wildman–Crippen LogP) is 3.56. The van der Waals surface area contributed by atoms with Gasteiger partial charge in [-0.25, -0.2) is 0 Å². The molecule has 2 atom stereocenters. The quantitative estimate of drug-likeness (QED) is 0.855. The maximum absolute atomic E-state index is 12.7. The molecule has 8 heteroatoms. The topological polar surface area (TPSA) is 41.6 Å². The molecular formula is C18H24ClF3N2O2. The van der Waals surface area contributed by atoms with Gasteiger partial charge >= 0.3 is 6.18 Å². The van der Waals surface area contributed by atoms with Crippen LogP contribution >= 0.6 is 12.4 Å². The van der Waals surface area contributed by atoms with Gasteiger partial charge in [-0.15, -0.1) is 12.4 Å². The number of rotatable bonds is 3. The first-order chi connectivity index (χ1) is 11.9. The molecule has 146 valence electrons. The Balaban J connectivity index is 0.00000243. The molecule has 2 fully saturated rings. The molecule has 3 rings (SSSR count). The molecule has 0 spiro atoms. The molecule has 2 saturated heterocycles. The smallest absolute Gasteiger partial charge is 0.378 e. The van der Waals surface area contributed by atoms with Crippen molar-refractivity contribution in [3.05, 3.63) is 35.4 Å². The fourth-order valence-electron chi connectivity index (χ4n) is 3.55. The number of benzene rings is 1. The molecule has 0 radical (unpaired) electrons. The summed E-state index contributed by atoms with van der Waals surface area (Å²) in [5, 5.41) is 3.27. The van der Waals surface area contributed by atoms with Crippen molar-refractivity contribution in [3.63, 3.8) is 0 Å². The van der Waals surface area contributed by atoms with Gasteiger partial charge in [-0.3, -0.25) is 4.79 Å². The summed E-state index contributed by atoms with van der Waals surface area (Å²) in [4.78, 5) is 14.5. The molecule has 2 aliphatic heterocycles. The average molecular weight is 393 g/mol. The van der Waals surface area contributed by atoms with Gasteiger partial charge < -0.3 is 15.0 Å². The maximum atomic E-state index is 12.7. The normalized spacial score (nSPS) is 24.0. The first-order valence-electron chi connectivity index (χ1n) is 8.73. The van der Waals surface area contributed by atoms with Crippen LogP contribution in [0.1, 0.15) is 42.9 Å². The van der Waals surface area contributed by atoms with Crippen molar-refractivity contribution in [2.24, 2.45) is 0 Å². The molecule has 2 unspecified atom stereocenters. The summed E-state index contributed by atoms with van der Waals surface area (Å²) in [6.07, 6.45) is -1.30. The first kappa shape index (κ1) is 21.0. The SMILES string of the molecule is Cl.O=C(CC1COCCN1)N1CCCCC1c1ccc(C(F)(F)F)cc1. The Morgan fingerprint density at radius 3 is 2.58 bits per heavy atom. The van der Waals surface area contributed by atoms with Crippen molar-refractivity contribution in [1.82, 2.24) is 10.2 Å². The minimum absolute atomic E-state index is 0. The number of carbonyl (C=O) groups is 1. The zero-order valence-corrected chi connectivity index (χ0v) is 15.2. The van der Waals surface area contributed by atoms with Gasteiger partial charge in [0, 0.05) is 25.6 Å². The van der Waals surface area contributed by atoms with Gasteiger partial charge in [0.2, 0.25) is 5.91 Å². The van der Waals surface area contributed by atoms with Crippen molar-refractivity contribution >= 4 is 18.3 Å². The molecule has 1 N–H and O–H groups in total. The minimum atomic E-state index is -4.34. The average Bonchev–Trinajstić information content (AvgIpc) is 2.62. The van der Waals surface area contributed by atoms with Gasteiger partial charge in [-0.1, -0.05) is 12.1 Å². The molecule has 4 nitrogen and oxygen atoms in total. The number of nitrogens with one attached hydrogen (secondary N) is 1. The van der Waals surface area contributed by atoms with E-state index in [4.69, 9.17) is 4.74 Å². The number of hydrogen-bond acceptors (Lipinski definition) is 3. The van der Waals surface area contributed by atoms with Crippen LogP contribution in [0.3, 0.4) is 0 Å². The molecule has 0 aromatic heterocycles. The Kier molecular flexibility index (Phi) is 7.32. The van der Waals surface area contributed by atoms with E-state index in [-0.39, 0.29) is 30.4 Å². The summed E-state index contributed by atoms with van der Waals surface area (Å²) in [6, 6.07) is 5.07. The molecule has 1 aromatic carbocycles. The molecule has 2 aliphatic rings. The molecule has 1 aromatic rings. The van der Waals surface area contributed by atoms with Crippen molar-refractivity contribution in [2.75, 3.05) is 26.3 Å². The Bertz CT molecular complexity index is 589. The summed E-state index contributed by atoms with van der Waals surface area (Å²) >= 11 is 0.